The maximum Gasteiger partial charge on any atom is 0.320 e. The van der Waals surface area contributed by atoms with Crippen molar-refractivity contribution in [1.29, 1.82) is 0 Å². The second-order valence-electron chi connectivity index (χ2n) is 6.89. The Bertz CT molecular complexity index is 442. The van der Waals surface area contributed by atoms with E-state index in [1.54, 1.807) is 4.90 Å². The fraction of sp³-hybridized carbons (Fsp3) is 0.867. The average Bonchev–Trinajstić information content (AvgIpc) is 2.90. The average molecular weight is 295 g/mol. The fourth-order valence-corrected chi connectivity index (χ4v) is 4.13. The van der Waals surface area contributed by atoms with Gasteiger partial charge in [0.05, 0.1) is 5.92 Å². The second kappa shape index (κ2) is 5.48. The van der Waals surface area contributed by atoms with E-state index in [-0.39, 0.29) is 11.9 Å². The highest BCUT2D eigenvalue weighted by Gasteiger charge is 2.41. The third kappa shape index (κ3) is 2.61. The van der Waals surface area contributed by atoms with E-state index < -0.39 is 11.9 Å². The molecule has 0 aromatic heterocycles. The van der Waals surface area contributed by atoms with Crippen molar-refractivity contribution in [3.05, 3.63) is 0 Å². The Kier molecular flexibility index (Phi) is 3.82. The summed E-state index contributed by atoms with van der Waals surface area (Å²) in [5, 5.41) is 9.20. The summed E-state index contributed by atoms with van der Waals surface area (Å²) in [6.45, 7) is 4.43. The first-order valence-corrected chi connectivity index (χ1v) is 7.96. The highest BCUT2D eigenvalue weighted by atomic mass is 16.4. The molecule has 2 amide bonds. The lowest BCUT2D eigenvalue weighted by Gasteiger charge is -2.29. The maximum absolute atomic E-state index is 12.7. The summed E-state index contributed by atoms with van der Waals surface area (Å²) in [5.41, 5.74) is 0. The van der Waals surface area contributed by atoms with Gasteiger partial charge >= 0.3 is 12.0 Å². The molecule has 6 nitrogen and oxygen atoms in total. The molecule has 0 aromatic carbocycles. The molecule has 2 unspecified atom stereocenters. The molecule has 3 aliphatic rings. The van der Waals surface area contributed by atoms with Crippen LogP contribution in [0.1, 0.15) is 26.2 Å². The highest BCUT2D eigenvalue weighted by molar-refractivity contribution is 5.78. The molecule has 118 valence electrons. The Hall–Kier alpha value is -1.30. The number of carboxylic acids is 1. The molecule has 0 saturated carbocycles. The van der Waals surface area contributed by atoms with Gasteiger partial charge in [-0.1, -0.05) is 6.92 Å². The number of hydrogen-bond acceptors (Lipinski definition) is 3. The van der Waals surface area contributed by atoms with Crippen LogP contribution < -0.4 is 0 Å². The van der Waals surface area contributed by atoms with Crippen molar-refractivity contribution in [1.82, 2.24) is 14.7 Å². The third-order valence-corrected chi connectivity index (χ3v) is 5.62. The predicted octanol–water partition coefficient (Wildman–Crippen LogP) is 0.927. The fourth-order valence-electron chi connectivity index (χ4n) is 4.13. The quantitative estimate of drug-likeness (QED) is 0.781. The van der Waals surface area contributed by atoms with Gasteiger partial charge in [-0.3, -0.25) is 9.69 Å². The van der Waals surface area contributed by atoms with Gasteiger partial charge in [-0.25, -0.2) is 4.79 Å². The van der Waals surface area contributed by atoms with Gasteiger partial charge in [0, 0.05) is 38.3 Å². The largest absolute Gasteiger partial charge is 0.481 e. The van der Waals surface area contributed by atoms with E-state index in [2.05, 4.69) is 11.9 Å². The Morgan fingerprint density at radius 1 is 1.00 bits per heavy atom. The van der Waals surface area contributed by atoms with Crippen LogP contribution in [0.3, 0.4) is 0 Å². The smallest absolute Gasteiger partial charge is 0.320 e. The molecular weight excluding hydrogens is 270 g/mol. The SMILES string of the molecule is C[C@@H]1CN(C(=O)N2CCC3CCC(C2)N3C)C[C@H]1C(=O)O. The molecule has 1 N–H and O–H groups in total. The molecule has 2 bridgehead atoms. The van der Waals surface area contributed by atoms with Crippen molar-refractivity contribution >= 4 is 12.0 Å². The molecule has 0 radical (unpaired) electrons. The van der Waals surface area contributed by atoms with Crippen molar-refractivity contribution in [2.45, 2.75) is 38.3 Å². The van der Waals surface area contributed by atoms with Crippen molar-refractivity contribution < 1.29 is 14.7 Å². The Morgan fingerprint density at radius 2 is 1.71 bits per heavy atom. The number of likely N-dealkylation sites (tertiary alicyclic amines) is 2. The van der Waals surface area contributed by atoms with Gasteiger partial charge in [0.2, 0.25) is 0 Å². The number of carbonyl (C=O) groups is 2. The number of amides is 2. The number of fused-ring (bicyclic) bond motifs is 2. The zero-order valence-corrected chi connectivity index (χ0v) is 12.9. The molecule has 0 aliphatic carbocycles. The topological polar surface area (TPSA) is 64.1 Å². The third-order valence-electron chi connectivity index (χ3n) is 5.62. The van der Waals surface area contributed by atoms with E-state index >= 15 is 0 Å². The minimum absolute atomic E-state index is 0.0338. The highest BCUT2D eigenvalue weighted by Crippen LogP contribution is 2.30. The molecule has 0 spiro atoms. The van der Waals surface area contributed by atoms with E-state index in [1.165, 1.54) is 12.8 Å². The Morgan fingerprint density at radius 3 is 2.38 bits per heavy atom. The summed E-state index contributed by atoms with van der Waals surface area (Å²) in [6.07, 6.45) is 3.44. The van der Waals surface area contributed by atoms with Crippen LogP contribution in [-0.4, -0.2) is 77.1 Å². The van der Waals surface area contributed by atoms with Crippen molar-refractivity contribution in [2.75, 3.05) is 33.2 Å². The van der Waals surface area contributed by atoms with E-state index in [0.717, 1.165) is 19.5 Å². The predicted molar refractivity (Wildman–Crippen MR) is 78.0 cm³/mol. The van der Waals surface area contributed by atoms with Crippen LogP contribution in [0.4, 0.5) is 4.79 Å². The summed E-state index contributed by atoms with van der Waals surface area (Å²) in [6, 6.07) is 1.11. The molecule has 3 saturated heterocycles. The lowest BCUT2D eigenvalue weighted by molar-refractivity contribution is -0.142. The first-order valence-electron chi connectivity index (χ1n) is 7.96. The van der Waals surface area contributed by atoms with Gasteiger partial charge in [0.25, 0.3) is 0 Å². The van der Waals surface area contributed by atoms with Gasteiger partial charge < -0.3 is 14.9 Å². The standard InChI is InChI=1S/C15H25N3O3/c1-10-7-18(9-13(10)14(19)20)15(21)17-6-5-11-3-4-12(8-17)16(11)2/h10-13H,3-9H2,1-2H3,(H,19,20)/t10-,11?,12?,13-/m1/s1. The van der Waals surface area contributed by atoms with E-state index in [0.29, 0.717) is 25.2 Å². The van der Waals surface area contributed by atoms with Crippen LogP contribution in [0.25, 0.3) is 0 Å². The van der Waals surface area contributed by atoms with Gasteiger partial charge in [0.15, 0.2) is 0 Å². The molecule has 3 aliphatic heterocycles. The van der Waals surface area contributed by atoms with Crippen LogP contribution in [-0.2, 0) is 4.79 Å². The van der Waals surface area contributed by atoms with E-state index in [4.69, 9.17) is 0 Å². The summed E-state index contributed by atoms with van der Waals surface area (Å²) in [7, 11) is 2.16. The molecule has 6 heteroatoms. The first-order chi connectivity index (χ1) is 9.97. The number of aliphatic carboxylic acids is 1. The number of carbonyl (C=O) groups excluding carboxylic acids is 1. The Labute approximate surface area is 125 Å². The summed E-state index contributed by atoms with van der Waals surface area (Å²) < 4.78 is 0. The zero-order valence-electron chi connectivity index (χ0n) is 12.9. The normalized spacial score (nSPS) is 36.9. The summed E-state index contributed by atoms with van der Waals surface area (Å²) >= 11 is 0. The molecular formula is C15H25N3O3. The van der Waals surface area contributed by atoms with Crippen LogP contribution in [0.5, 0.6) is 0 Å². The Balaban J connectivity index is 1.65. The van der Waals surface area contributed by atoms with Crippen LogP contribution in [0, 0.1) is 11.8 Å². The van der Waals surface area contributed by atoms with E-state index in [9.17, 15) is 14.7 Å². The van der Waals surface area contributed by atoms with Crippen LogP contribution in [0.2, 0.25) is 0 Å². The number of carboxylic acid groups (broad SMARTS) is 1. The summed E-state index contributed by atoms with van der Waals surface area (Å²) in [4.78, 5) is 30.0. The molecule has 21 heavy (non-hydrogen) atoms. The number of likely N-dealkylation sites (N-methyl/N-ethyl adjacent to an activating group) is 1. The monoisotopic (exact) mass is 295 g/mol. The number of rotatable bonds is 1. The minimum atomic E-state index is -0.785. The number of hydrogen-bond donors (Lipinski definition) is 1. The van der Waals surface area contributed by atoms with Crippen molar-refractivity contribution in [3.8, 4) is 0 Å². The molecule has 4 atom stereocenters. The lowest BCUT2D eigenvalue weighted by atomic mass is 9.99. The molecule has 3 fully saturated rings. The van der Waals surface area contributed by atoms with E-state index in [1.807, 2.05) is 11.8 Å². The second-order valence-corrected chi connectivity index (χ2v) is 6.89. The maximum atomic E-state index is 12.7. The lowest BCUT2D eigenvalue weighted by Crippen LogP contribution is -2.46. The van der Waals surface area contributed by atoms with Gasteiger partial charge in [0.1, 0.15) is 0 Å². The molecule has 0 aromatic rings. The number of nitrogens with zero attached hydrogens (tertiary/aromatic N) is 3. The number of urea groups is 1. The zero-order chi connectivity index (χ0) is 15.1. The van der Waals surface area contributed by atoms with Crippen LogP contribution >= 0.6 is 0 Å². The summed E-state index contributed by atoms with van der Waals surface area (Å²) in [5.74, 6) is -1.16. The first kappa shape index (κ1) is 14.6. The molecule has 3 heterocycles. The van der Waals surface area contributed by atoms with Crippen molar-refractivity contribution in [3.63, 3.8) is 0 Å². The van der Waals surface area contributed by atoms with Crippen molar-refractivity contribution in [2.24, 2.45) is 11.8 Å². The van der Waals surface area contributed by atoms with Gasteiger partial charge in [-0.15, -0.1) is 0 Å². The van der Waals surface area contributed by atoms with Gasteiger partial charge in [-0.05, 0) is 32.2 Å². The van der Waals surface area contributed by atoms with Crippen LogP contribution in [0.15, 0.2) is 0 Å². The minimum Gasteiger partial charge on any atom is -0.481 e. The van der Waals surface area contributed by atoms with Gasteiger partial charge in [-0.2, -0.15) is 0 Å². The molecule has 3 rings (SSSR count).